The van der Waals surface area contributed by atoms with E-state index in [1.165, 1.54) is 13.0 Å². The van der Waals surface area contributed by atoms with E-state index in [4.69, 9.17) is 0 Å². The first-order valence-electron chi connectivity index (χ1n) is 7.41. The molecule has 25 heavy (non-hydrogen) atoms. The van der Waals surface area contributed by atoms with Crippen molar-refractivity contribution < 1.29 is 18.0 Å². The zero-order valence-electron chi connectivity index (χ0n) is 14.1. The Kier molecular flexibility index (Phi) is 5.43. The van der Waals surface area contributed by atoms with E-state index >= 15 is 0 Å². The van der Waals surface area contributed by atoms with Gasteiger partial charge in [-0.05, 0) is 48.9 Å². The Morgan fingerprint density at radius 2 is 1.60 bits per heavy atom. The second-order valence-electron chi connectivity index (χ2n) is 5.62. The number of aryl methyl sites for hydroxylation is 1. The summed E-state index contributed by atoms with van der Waals surface area (Å²) >= 11 is 0. The third-order valence-electron chi connectivity index (χ3n) is 3.22. The van der Waals surface area contributed by atoms with Crippen LogP contribution >= 0.6 is 0 Å². The number of carbonyl (C=O) groups is 2. The van der Waals surface area contributed by atoms with Crippen molar-refractivity contribution >= 4 is 38.9 Å². The molecule has 8 heteroatoms. The van der Waals surface area contributed by atoms with Gasteiger partial charge >= 0.3 is 0 Å². The van der Waals surface area contributed by atoms with Crippen molar-refractivity contribution in [2.24, 2.45) is 0 Å². The smallest absolute Gasteiger partial charge is 0.255 e. The molecule has 2 amide bonds. The summed E-state index contributed by atoms with van der Waals surface area (Å²) in [5.41, 5.74) is 2.56. The molecule has 0 aliphatic rings. The summed E-state index contributed by atoms with van der Waals surface area (Å²) < 4.78 is 25.0. The summed E-state index contributed by atoms with van der Waals surface area (Å²) in [6.45, 7) is 3.11. The van der Waals surface area contributed by atoms with E-state index < -0.39 is 10.0 Å². The van der Waals surface area contributed by atoms with Crippen molar-refractivity contribution in [1.82, 2.24) is 0 Å². The molecule has 0 unspecified atom stereocenters. The Bertz CT molecular complexity index is 923. The molecule has 2 aromatic rings. The first kappa shape index (κ1) is 18.5. The summed E-state index contributed by atoms with van der Waals surface area (Å²) in [6, 6.07) is 11.5. The summed E-state index contributed by atoms with van der Waals surface area (Å²) in [7, 11) is -3.38. The molecule has 0 saturated heterocycles. The molecule has 0 heterocycles. The molecule has 0 aromatic heterocycles. The van der Waals surface area contributed by atoms with E-state index in [0.717, 1.165) is 6.26 Å². The van der Waals surface area contributed by atoms with E-state index in [2.05, 4.69) is 15.4 Å². The van der Waals surface area contributed by atoms with Gasteiger partial charge in [0.15, 0.2) is 0 Å². The van der Waals surface area contributed by atoms with Crippen LogP contribution in [0.25, 0.3) is 0 Å². The predicted molar refractivity (Wildman–Crippen MR) is 98.3 cm³/mol. The Morgan fingerprint density at radius 1 is 0.960 bits per heavy atom. The molecule has 0 fully saturated rings. The van der Waals surface area contributed by atoms with Crippen LogP contribution < -0.4 is 15.4 Å². The van der Waals surface area contributed by atoms with Crippen LogP contribution in [0.1, 0.15) is 22.8 Å². The zero-order valence-corrected chi connectivity index (χ0v) is 14.9. The maximum atomic E-state index is 12.4. The third-order valence-corrected chi connectivity index (χ3v) is 3.82. The second kappa shape index (κ2) is 7.35. The van der Waals surface area contributed by atoms with Crippen LogP contribution in [0.4, 0.5) is 17.1 Å². The molecule has 132 valence electrons. The quantitative estimate of drug-likeness (QED) is 0.761. The van der Waals surface area contributed by atoms with Gasteiger partial charge in [-0.25, -0.2) is 8.42 Å². The van der Waals surface area contributed by atoms with E-state index in [1.807, 2.05) is 0 Å². The Balaban J connectivity index is 2.16. The predicted octanol–water partition coefficient (Wildman–Crippen LogP) is 2.58. The van der Waals surface area contributed by atoms with Crippen LogP contribution in [0, 0.1) is 6.92 Å². The van der Waals surface area contributed by atoms with Crippen LogP contribution in [0.15, 0.2) is 42.5 Å². The second-order valence-corrected chi connectivity index (χ2v) is 7.37. The lowest BCUT2D eigenvalue weighted by Crippen LogP contribution is -2.14. The topological polar surface area (TPSA) is 104 Å². The Labute approximate surface area is 146 Å². The lowest BCUT2D eigenvalue weighted by Gasteiger charge is -2.11. The molecule has 0 spiro atoms. The number of rotatable bonds is 5. The zero-order chi connectivity index (χ0) is 18.6. The molecule has 0 aliphatic carbocycles. The molecule has 0 radical (unpaired) electrons. The molecule has 0 atom stereocenters. The highest BCUT2D eigenvalue weighted by Gasteiger charge is 2.11. The van der Waals surface area contributed by atoms with Crippen molar-refractivity contribution in [3.8, 4) is 0 Å². The first-order valence-corrected chi connectivity index (χ1v) is 9.30. The molecule has 2 rings (SSSR count). The Hall–Kier alpha value is -2.87. The van der Waals surface area contributed by atoms with Gasteiger partial charge in [0.25, 0.3) is 5.91 Å². The molecule has 3 N–H and O–H groups in total. The van der Waals surface area contributed by atoms with Gasteiger partial charge in [0.05, 0.1) is 11.9 Å². The average molecular weight is 361 g/mol. The van der Waals surface area contributed by atoms with Crippen LogP contribution in [0.2, 0.25) is 0 Å². The maximum Gasteiger partial charge on any atom is 0.255 e. The van der Waals surface area contributed by atoms with E-state index in [9.17, 15) is 18.0 Å². The van der Waals surface area contributed by atoms with Gasteiger partial charge in [-0.15, -0.1) is 0 Å². The molecule has 7 nitrogen and oxygen atoms in total. The number of hydrogen-bond acceptors (Lipinski definition) is 4. The summed E-state index contributed by atoms with van der Waals surface area (Å²) in [4.78, 5) is 23.4. The molecule has 0 bridgehead atoms. The van der Waals surface area contributed by atoms with Crippen LogP contribution in [-0.2, 0) is 14.8 Å². The van der Waals surface area contributed by atoms with Crippen molar-refractivity contribution in [2.45, 2.75) is 13.8 Å². The minimum Gasteiger partial charge on any atom is -0.326 e. The van der Waals surface area contributed by atoms with E-state index in [-0.39, 0.29) is 11.8 Å². The largest absolute Gasteiger partial charge is 0.326 e. The van der Waals surface area contributed by atoms with Crippen molar-refractivity contribution in [3.63, 3.8) is 0 Å². The third kappa shape index (κ3) is 5.61. The highest BCUT2D eigenvalue weighted by atomic mass is 32.2. The van der Waals surface area contributed by atoms with Crippen molar-refractivity contribution in [2.75, 3.05) is 21.6 Å². The molecule has 0 saturated carbocycles. The summed E-state index contributed by atoms with van der Waals surface area (Å²) in [5, 5.41) is 5.38. The standard InChI is InChI=1S/C17H19N3O4S/c1-11-9-13(7-8-16(11)20-25(3,23)24)17(22)19-15-6-4-5-14(10-15)18-12(2)21/h4-10,20H,1-3H3,(H,18,21)(H,19,22). The summed E-state index contributed by atoms with van der Waals surface area (Å²) in [5.74, 6) is -0.540. The number of benzene rings is 2. The van der Waals surface area contributed by atoms with Gasteiger partial charge in [0.2, 0.25) is 15.9 Å². The first-order chi connectivity index (χ1) is 11.6. The van der Waals surface area contributed by atoms with Crippen LogP contribution in [0.3, 0.4) is 0 Å². The monoisotopic (exact) mass is 361 g/mol. The minimum atomic E-state index is -3.38. The number of anilines is 3. The fraction of sp³-hybridized carbons (Fsp3) is 0.176. The fourth-order valence-corrected chi connectivity index (χ4v) is 2.83. The number of sulfonamides is 1. The van der Waals surface area contributed by atoms with Gasteiger partial charge in [-0.2, -0.15) is 0 Å². The normalized spacial score (nSPS) is 10.8. The van der Waals surface area contributed by atoms with Gasteiger partial charge in [-0.1, -0.05) is 6.07 Å². The lowest BCUT2D eigenvalue weighted by atomic mass is 10.1. The van der Waals surface area contributed by atoms with Gasteiger partial charge in [0, 0.05) is 23.9 Å². The minimum absolute atomic E-state index is 0.201. The lowest BCUT2D eigenvalue weighted by molar-refractivity contribution is -0.114. The van der Waals surface area contributed by atoms with Gasteiger partial charge in [-0.3, -0.25) is 14.3 Å². The maximum absolute atomic E-state index is 12.4. The van der Waals surface area contributed by atoms with Gasteiger partial charge in [0.1, 0.15) is 0 Å². The molecular formula is C17H19N3O4S. The van der Waals surface area contributed by atoms with Crippen LogP contribution in [0.5, 0.6) is 0 Å². The average Bonchev–Trinajstić information content (AvgIpc) is 2.47. The Morgan fingerprint density at radius 3 is 2.16 bits per heavy atom. The molecule has 0 aliphatic heterocycles. The molecule has 2 aromatic carbocycles. The fourth-order valence-electron chi connectivity index (χ4n) is 2.20. The number of hydrogen-bond donors (Lipinski definition) is 3. The van der Waals surface area contributed by atoms with Crippen LogP contribution in [-0.4, -0.2) is 26.5 Å². The number of carbonyl (C=O) groups excluding carboxylic acids is 2. The van der Waals surface area contributed by atoms with Gasteiger partial charge < -0.3 is 10.6 Å². The number of nitrogens with one attached hydrogen (secondary N) is 3. The van der Waals surface area contributed by atoms with E-state index in [0.29, 0.717) is 28.2 Å². The highest BCUT2D eigenvalue weighted by Crippen LogP contribution is 2.20. The van der Waals surface area contributed by atoms with Crippen molar-refractivity contribution in [1.29, 1.82) is 0 Å². The van der Waals surface area contributed by atoms with E-state index in [1.54, 1.807) is 43.3 Å². The van der Waals surface area contributed by atoms with Crippen molar-refractivity contribution in [3.05, 3.63) is 53.6 Å². The SMILES string of the molecule is CC(=O)Nc1cccc(NC(=O)c2ccc(NS(C)(=O)=O)c(C)c2)c1. The highest BCUT2D eigenvalue weighted by molar-refractivity contribution is 7.92. The number of amides is 2. The molecular weight excluding hydrogens is 342 g/mol. The summed E-state index contributed by atoms with van der Waals surface area (Å²) in [6.07, 6.45) is 1.06.